The molecule has 2 unspecified atom stereocenters. The highest BCUT2D eigenvalue weighted by molar-refractivity contribution is 14.1. The van der Waals surface area contributed by atoms with Crippen LogP contribution in [0.3, 0.4) is 0 Å². The lowest BCUT2D eigenvalue weighted by atomic mass is 10.0. The van der Waals surface area contributed by atoms with E-state index in [1.165, 1.54) is 18.2 Å². The summed E-state index contributed by atoms with van der Waals surface area (Å²) in [4.78, 5) is 12.1. The van der Waals surface area contributed by atoms with Crippen LogP contribution in [-0.4, -0.2) is 72.0 Å². The van der Waals surface area contributed by atoms with Crippen LogP contribution < -0.4 is 19.6 Å². The summed E-state index contributed by atoms with van der Waals surface area (Å²) in [5.74, 6) is 0.870. The van der Waals surface area contributed by atoms with Crippen molar-refractivity contribution in [2.45, 2.75) is 43.7 Å². The smallest absolute Gasteiger partial charge is 0.422 e. The van der Waals surface area contributed by atoms with Crippen LogP contribution in [0, 0.1) is 5.92 Å². The molecule has 1 heterocycles. The van der Waals surface area contributed by atoms with Gasteiger partial charge in [-0.05, 0) is 48.6 Å². The van der Waals surface area contributed by atoms with E-state index in [1.54, 1.807) is 24.3 Å². The van der Waals surface area contributed by atoms with Crippen molar-refractivity contribution in [3.63, 3.8) is 0 Å². The second-order valence-electron chi connectivity index (χ2n) is 9.08. The SMILES string of the molecule is CC(C)CNN(C(=O)O)C(Cc1ccc(OCCCI)cc1)C(O)CS(=O)(=O)c1ccc2c(c1)OCO2. The maximum absolute atomic E-state index is 13.2. The van der Waals surface area contributed by atoms with Gasteiger partial charge >= 0.3 is 6.09 Å². The van der Waals surface area contributed by atoms with E-state index in [0.717, 1.165) is 21.4 Å². The molecule has 1 aliphatic rings. The Bertz CT molecular complexity index is 1140. The average Bonchev–Trinajstić information content (AvgIpc) is 3.32. The van der Waals surface area contributed by atoms with Gasteiger partial charge in [-0.25, -0.2) is 23.6 Å². The molecule has 0 saturated heterocycles. The predicted molar refractivity (Wildman–Crippen MR) is 146 cm³/mol. The first-order chi connectivity index (χ1) is 17.6. The highest BCUT2D eigenvalue weighted by atomic mass is 127. The number of benzene rings is 2. The van der Waals surface area contributed by atoms with Gasteiger partial charge in [0, 0.05) is 17.0 Å². The Hall–Kier alpha value is -2.29. The Morgan fingerprint density at radius 2 is 1.86 bits per heavy atom. The molecule has 0 bridgehead atoms. The van der Waals surface area contributed by atoms with E-state index in [2.05, 4.69) is 28.0 Å². The number of fused-ring (bicyclic) bond motifs is 1. The average molecular weight is 649 g/mol. The number of rotatable bonds is 14. The van der Waals surface area contributed by atoms with Crippen LogP contribution in [0.25, 0.3) is 0 Å². The van der Waals surface area contributed by atoms with Crippen molar-refractivity contribution in [1.82, 2.24) is 10.4 Å². The number of hydrazine groups is 1. The fourth-order valence-electron chi connectivity index (χ4n) is 3.72. The van der Waals surface area contributed by atoms with E-state index in [1.807, 2.05) is 13.8 Å². The van der Waals surface area contributed by atoms with E-state index >= 15 is 0 Å². The van der Waals surface area contributed by atoms with Crippen molar-refractivity contribution in [2.24, 2.45) is 5.92 Å². The number of alkyl halides is 1. The Kier molecular flexibility index (Phi) is 10.7. The Balaban J connectivity index is 1.82. The summed E-state index contributed by atoms with van der Waals surface area (Å²) in [6.45, 7) is 4.75. The summed E-state index contributed by atoms with van der Waals surface area (Å²) in [6.07, 6.45) is -1.83. The minimum Gasteiger partial charge on any atom is -0.494 e. The van der Waals surface area contributed by atoms with Crippen molar-refractivity contribution in [3.8, 4) is 17.2 Å². The van der Waals surface area contributed by atoms with Crippen molar-refractivity contribution >= 4 is 38.5 Å². The molecule has 2 aromatic carbocycles. The topological polar surface area (TPSA) is 135 Å². The van der Waals surface area contributed by atoms with Gasteiger partial charge in [0.15, 0.2) is 21.3 Å². The third-order valence-corrected chi connectivity index (χ3v) is 8.18. The first-order valence-electron chi connectivity index (χ1n) is 11.9. The number of amides is 1. The molecule has 0 aromatic heterocycles. The molecular weight excluding hydrogens is 615 g/mol. The first-order valence-corrected chi connectivity index (χ1v) is 15.1. The fourth-order valence-corrected chi connectivity index (χ4v) is 5.45. The summed E-state index contributed by atoms with van der Waals surface area (Å²) >= 11 is 2.28. The van der Waals surface area contributed by atoms with Crippen LogP contribution in [0.5, 0.6) is 17.2 Å². The maximum atomic E-state index is 13.2. The number of hydrogen-bond acceptors (Lipinski definition) is 8. The van der Waals surface area contributed by atoms with Crippen LogP contribution in [-0.2, 0) is 16.3 Å². The molecule has 1 aliphatic heterocycles. The molecule has 3 rings (SSSR count). The van der Waals surface area contributed by atoms with Crippen molar-refractivity contribution in [3.05, 3.63) is 48.0 Å². The zero-order valence-electron chi connectivity index (χ0n) is 20.8. The molecule has 204 valence electrons. The second-order valence-corrected chi connectivity index (χ2v) is 12.2. The molecule has 10 nitrogen and oxygen atoms in total. The Labute approximate surface area is 230 Å². The summed E-state index contributed by atoms with van der Waals surface area (Å²) in [6, 6.07) is 10.3. The van der Waals surface area contributed by atoms with E-state index in [9.17, 15) is 23.4 Å². The molecular formula is C25H33IN2O8S. The fraction of sp³-hybridized carbons (Fsp3) is 0.480. The van der Waals surface area contributed by atoms with Gasteiger partial charge in [-0.2, -0.15) is 0 Å². The Morgan fingerprint density at radius 1 is 1.16 bits per heavy atom. The molecule has 0 aliphatic carbocycles. The van der Waals surface area contributed by atoms with Crippen molar-refractivity contribution < 1.29 is 37.6 Å². The van der Waals surface area contributed by atoms with Gasteiger partial charge in [-0.3, -0.25) is 0 Å². The maximum Gasteiger partial charge on any atom is 0.422 e. The number of aliphatic hydroxyl groups excluding tert-OH is 1. The van der Waals surface area contributed by atoms with Crippen LogP contribution in [0.1, 0.15) is 25.8 Å². The molecule has 37 heavy (non-hydrogen) atoms. The Morgan fingerprint density at radius 3 is 2.51 bits per heavy atom. The third-order valence-electron chi connectivity index (χ3n) is 5.66. The molecule has 1 amide bonds. The van der Waals surface area contributed by atoms with E-state index in [4.69, 9.17) is 14.2 Å². The number of carboxylic acid groups (broad SMARTS) is 1. The molecule has 2 atom stereocenters. The normalized spacial score (nSPS) is 14.4. The summed E-state index contributed by atoms with van der Waals surface area (Å²) in [5.41, 5.74) is 3.57. The summed E-state index contributed by atoms with van der Waals surface area (Å²) < 4.78 is 43.5. The van der Waals surface area contributed by atoms with Gasteiger partial charge in [-0.15, -0.1) is 0 Å². The van der Waals surface area contributed by atoms with Crippen LogP contribution >= 0.6 is 22.6 Å². The lowest BCUT2D eigenvalue weighted by molar-refractivity contribution is 0.0300. The minimum atomic E-state index is -3.98. The number of nitrogens with zero attached hydrogens (tertiary/aromatic N) is 1. The van der Waals surface area contributed by atoms with E-state index in [-0.39, 0.29) is 24.0 Å². The molecule has 12 heteroatoms. The van der Waals surface area contributed by atoms with Gasteiger partial charge < -0.3 is 24.4 Å². The molecule has 0 fully saturated rings. The molecule has 0 saturated carbocycles. The van der Waals surface area contributed by atoms with Crippen molar-refractivity contribution in [1.29, 1.82) is 0 Å². The number of nitrogens with one attached hydrogen (secondary N) is 1. The zero-order valence-corrected chi connectivity index (χ0v) is 23.8. The largest absolute Gasteiger partial charge is 0.494 e. The third kappa shape index (κ3) is 8.35. The number of carbonyl (C=O) groups is 1. The second kappa shape index (κ2) is 13.5. The summed E-state index contributed by atoms with van der Waals surface area (Å²) in [5, 5.41) is 22.0. The number of sulfone groups is 1. The summed E-state index contributed by atoms with van der Waals surface area (Å²) in [7, 11) is -3.98. The quantitative estimate of drug-likeness (QED) is 0.122. The van der Waals surface area contributed by atoms with E-state index < -0.39 is 33.8 Å². The van der Waals surface area contributed by atoms with Gasteiger partial charge in [0.2, 0.25) is 6.79 Å². The van der Waals surface area contributed by atoms with Gasteiger partial charge in [0.25, 0.3) is 0 Å². The molecule has 0 radical (unpaired) electrons. The van der Waals surface area contributed by atoms with Crippen LogP contribution in [0.15, 0.2) is 47.4 Å². The molecule has 3 N–H and O–H groups in total. The highest BCUT2D eigenvalue weighted by Gasteiger charge is 2.34. The minimum absolute atomic E-state index is 0.000719. The number of ether oxygens (including phenoxy) is 3. The monoisotopic (exact) mass is 648 g/mol. The number of halogens is 1. The number of hydrogen-bond donors (Lipinski definition) is 3. The van der Waals surface area contributed by atoms with Crippen LogP contribution in [0.4, 0.5) is 4.79 Å². The standard InChI is InChI=1S/C25H33IN2O8S/c1-17(2)14-27-28(25(30)31)21(12-18-4-6-19(7-5-18)34-11-3-10-26)22(29)15-37(32,33)20-8-9-23-24(13-20)36-16-35-23/h4-9,13,17,21-22,27,29H,3,10-12,14-16H2,1-2H3,(H,30,31). The van der Waals surface area contributed by atoms with E-state index in [0.29, 0.717) is 30.4 Å². The van der Waals surface area contributed by atoms with Crippen molar-refractivity contribution in [2.75, 3.05) is 30.1 Å². The van der Waals surface area contributed by atoms with Gasteiger partial charge in [0.1, 0.15) is 5.75 Å². The zero-order chi connectivity index (χ0) is 27.0. The predicted octanol–water partition coefficient (Wildman–Crippen LogP) is 3.51. The van der Waals surface area contributed by atoms with Gasteiger partial charge in [-0.1, -0.05) is 48.6 Å². The highest BCUT2D eigenvalue weighted by Crippen LogP contribution is 2.34. The number of aliphatic hydroxyl groups is 1. The first kappa shape index (κ1) is 29.3. The van der Waals surface area contributed by atoms with Crippen LogP contribution in [0.2, 0.25) is 0 Å². The van der Waals surface area contributed by atoms with Gasteiger partial charge in [0.05, 0.1) is 29.4 Å². The molecule has 2 aromatic rings. The molecule has 0 spiro atoms. The lowest BCUT2D eigenvalue weighted by Gasteiger charge is -2.33. The lowest BCUT2D eigenvalue weighted by Crippen LogP contribution is -2.56.